The molecule has 0 bridgehead atoms. The van der Waals surface area contributed by atoms with Crippen LogP contribution < -0.4 is 5.32 Å². The molecule has 0 atom stereocenters. The summed E-state index contributed by atoms with van der Waals surface area (Å²) in [5, 5.41) is 10.8. The van der Waals surface area contributed by atoms with Crippen molar-refractivity contribution in [1.82, 2.24) is 0 Å². The maximum absolute atomic E-state index is 13.4. The molecule has 1 amide bonds. The van der Waals surface area contributed by atoms with E-state index in [-0.39, 0.29) is 16.8 Å². The van der Waals surface area contributed by atoms with E-state index in [1.165, 1.54) is 24.3 Å². The quantitative estimate of drug-likeness (QED) is 0.879. The maximum Gasteiger partial charge on any atom is 0.338 e. The molecule has 2 aromatic rings. The number of nitrogens with one attached hydrogen (secondary N) is 1. The van der Waals surface area contributed by atoms with Crippen molar-refractivity contribution in [1.29, 1.82) is 5.26 Å². The fraction of sp³-hybridized carbons (Fsp3) is 0.0625. The van der Waals surface area contributed by atoms with Crippen molar-refractivity contribution >= 4 is 17.6 Å². The molecular formula is C16H10F2N2O3. The minimum Gasteiger partial charge on any atom is -0.452 e. The van der Waals surface area contributed by atoms with Crippen LogP contribution in [0.2, 0.25) is 0 Å². The predicted octanol–water partition coefficient (Wildman–Crippen LogP) is 2.63. The molecule has 1 N–H and O–H groups in total. The van der Waals surface area contributed by atoms with Gasteiger partial charge in [0.05, 0.1) is 22.9 Å². The first kappa shape index (κ1) is 16.1. The maximum atomic E-state index is 13.4. The van der Waals surface area contributed by atoms with Crippen LogP contribution in [0.3, 0.4) is 0 Å². The van der Waals surface area contributed by atoms with E-state index < -0.39 is 30.1 Å². The molecule has 23 heavy (non-hydrogen) atoms. The van der Waals surface area contributed by atoms with Gasteiger partial charge in [0.15, 0.2) is 6.61 Å². The first-order valence-corrected chi connectivity index (χ1v) is 6.42. The third-order valence-electron chi connectivity index (χ3n) is 2.76. The molecule has 0 heterocycles. The minimum absolute atomic E-state index is 0.105. The summed E-state index contributed by atoms with van der Waals surface area (Å²) < 4.78 is 31.1. The molecule has 2 rings (SSSR count). The molecule has 0 fully saturated rings. The normalized spacial score (nSPS) is 9.78. The Balaban J connectivity index is 1.95. The van der Waals surface area contributed by atoms with Crippen LogP contribution in [-0.4, -0.2) is 18.5 Å². The molecule has 0 saturated carbocycles. The predicted molar refractivity (Wildman–Crippen MR) is 76.4 cm³/mol. The number of ether oxygens (including phenoxy) is 1. The number of hydrogen-bond acceptors (Lipinski definition) is 4. The van der Waals surface area contributed by atoms with Crippen LogP contribution in [0.4, 0.5) is 14.5 Å². The molecule has 0 aliphatic heterocycles. The SMILES string of the molecule is N#Cc1cccc(C(=O)OCC(=O)Nc2cc(F)ccc2F)c1. The van der Waals surface area contributed by atoms with Gasteiger partial charge in [-0.25, -0.2) is 13.6 Å². The molecule has 116 valence electrons. The van der Waals surface area contributed by atoms with E-state index in [0.717, 1.165) is 18.2 Å². The van der Waals surface area contributed by atoms with Crippen molar-refractivity contribution in [2.75, 3.05) is 11.9 Å². The zero-order valence-electron chi connectivity index (χ0n) is 11.7. The molecule has 0 aliphatic rings. The summed E-state index contributed by atoms with van der Waals surface area (Å²) in [4.78, 5) is 23.4. The van der Waals surface area contributed by atoms with Gasteiger partial charge in [0.2, 0.25) is 0 Å². The Bertz CT molecular complexity index is 800. The summed E-state index contributed by atoms with van der Waals surface area (Å²) in [5.41, 5.74) is 0.0250. The molecular weight excluding hydrogens is 306 g/mol. The standard InChI is InChI=1S/C16H10F2N2O3/c17-12-4-5-13(18)14(7-12)20-15(21)9-23-16(22)11-3-1-2-10(6-11)8-19/h1-7H,9H2,(H,20,21). The van der Waals surface area contributed by atoms with E-state index >= 15 is 0 Å². The number of rotatable bonds is 4. The van der Waals surface area contributed by atoms with Crippen LogP contribution in [-0.2, 0) is 9.53 Å². The second kappa shape index (κ2) is 7.13. The molecule has 7 heteroatoms. The topological polar surface area (TPSA) is 79.2 Å². The number of benzene rings is 2. The lowest BCUT2D eigenvalue weighted by atomic mass is 10.1. The van der Waals surface area contributed by atoms with Gasteiger partial charge >= 0.3 is 5.97 Å². The summed E-state index contributed by atoms with van der Waals surface area (Å²) in [7, 11) is 0. The van der Waals surface area contributed by atoms with Crippen LogP contribution in [0.5, 0.6) is 0 Å². The number of anilines is 1. The lowest BCUT2D eigenvalue weighted by molar-refractivity contribution is -0.119. The number of carbonyl (C=O) groups excluding carboxylic acids is 2. The fourth-order valence-electron chi connectivity index (χ4n) is 1.71. The van der Waals surface area contributed by atoms with Crippen LogP contribution in [0, 0.1) is 23.0 Å². The Hall–Kier alpha value is -3.27. The van der Waals surface area contributed by atoms with Crippen LogP contribution in [0.25, 0.3) is 0 Å². The molecule has 0 saturated heterocycles. The van der Waals surface area contributed by atoms with E-state index in [2.05, 4.69) is 5.32 Å². The summed E-state index contributed by atoms with van der Waals surface area (Å²) in [6, 6.07) is 10.2. The summed E-state index contributed by atoms with van der Waals surface area (Å²) in [5.74, 6) is -3.16. The lowest BCUT2D eigenvalue weighted by Gasteiger charge is -2.07. The molecule has 0 aliphatic carbocycles. The number of esters is 1. The highest BCUT2D eigenvalue weighted by atomic mass is 19.1. The van der Waals surface area contributed by atoms with Crippen molar-refractivity contribution in [3.05, 3.63) is 65.2 Å². The molecule has 0 aromatic heterocycles. The van der Waals surface area contributed by atoms with Gasteiger partial charge in [-0.05, 0) is 30.3 Å². The highest BCUT2D eigenvalue weighted by Gasteiger charge is 2.12. The average molecular weight is 316 g/mol. The van der Waals surface area contributed by atoms with Gasteiger partial charge in [0.1, 0.15) is 11.6 Å². The second-order valence-corrected chi connectivity index (χ2v) is 4.44. The van der Waals surface area contributed by atoms with Crippen LogP contribution in [0.15, 0.2) is 42.5 Å². The number of carbonyl (C=O) groups is 2. The number of nitriles is 1. The number of halogens is 2. The summed E-state index contributed by atoms with van der Waals surface area (Å²) in [6.07, 6.45) is 0. The van der Waals surface area contributed by atoms with Gasteiger partial charge in [0.25, 0.3) is 5.91 Å². The molecule has 0 spiro atoms. The monoisotopic (exact) mass is 316 g/mol. The van der Waals surface area contributed by atoms with Crippen LogP contribution in [0.1, 0.15) is 15.9 Å². The van der Waals surface area contributed by atoms with Gasteiger partial charge in [-0.2, -0.15) is 5.26 Å². The smallest absolute Gasteiger partial charge is 0.338 e. The third kappa shape index (κ3) is 4.35. The van der Waals surface area contributed by atoms with E-state index in [4.69, 9.17) is 10.00 Å². The van der Waals surface area contributed by atoms with Crippen molar-refractivity contribution in [2.24, 2.45) is 0 Å². The molecule has 0 radical (unpaired) electrons. The Morgan fingerprint density at radius 2 is 1.96 bits per heavy atom. The van der Waals surface area contributed by atoms with Crippen molar-refractivity contribution in [3.63, 3.8) is 0 Å². The van der Waals surface area contributed by atoms with Gasteiger partial charge < -0.3 is 10.1 Å². The minimum atomic E-state index is -0.820. The summed E-state index contributed by atoms with van der Waals surface area (Å²) >= 11 is 0. The highest BCUT2D eigenvalue weighted by Crippen LogP contribution is 2.15. The van der Waals surface area contributed by atoms with E-state index in [1.807, 2.05) is 6.07 Å². The Labute approximate surface area is 130 Å². The largest absolute Gasteiger partial charge is 0.452 e. The third-order valence-corrected chi connectivity index (χ3v) is 2.76. The Morgan fingerprint density at radius 3 is 2.70 bits per heavy atom. The first-order chi connectivity index (χ1) is 11.0. The van der Waals surface area contributed by atoms with Crippen LogP contribution >= 0.6 is 0 Å². The summed E-state index contributed by atoms with van der Waals surface area (Å²) in [6.45, 7) is -0.675. The number of amides is 1. The van der Waals surface area contributed by atoms with Gasteiger partial charge in [-0.1, -0.05) is 6.07 Å². The molecule has 5 nitrogen and oxygen atoms in total. The van der Waals surface area contributed by atoms with Gasteiger partial charge in [-0.15, -0.1) is 0 Å². The highest BCUT2D eigenvalue weighted by molar-refractivity contribution is 5.95. The Morgan fingerprint density at radius 1 is 1.17 bits per heavy atom. The van der Waals surface area contributed by atoms with Gasteiger partial charge in [0, 0.05) is 6.07 Å². The van der Waals surface area contributed by atoms with Crippen molar-refractivity contribution in [3.8, 4) is 6.07 Å². The number of hydrogen-bond donors (Lipinski definition) is 1. The van der Waals surface area contributed by atoms with Gasteiger partial charge in [-0.3, -0.25) is 4.79 Å². The number of nitrogens with zero attached hydrogens (tertiary/aromatic N) is 1. The molecule has 2 aromatic carbocycles. The lowest BCUT2D eigenvalue weighted by Crippen LogP contribution is -2.21. The Kier molecular flexibility index (Phi) is 5.00. The fourth-order valence-corrected chi connectivity index (χ4v) is 1.71. The molecule has 0 unspecified atom stereocenters. The van der Waals surface area contributed by atoms with E-state index in [9.17, 15) is 18.4 Å². The second-order valence-electron chi connectivity index (χ2n) is 4.44. The van der Waals surface area contributed by atoms with E-state index in [0.29, 0.717) is 0 Å². The van der Waals surface area contributed by atoms with Crippen molar-refractivity contribution in [2.45, 2.75) is 0 Å². The zero-order valence-corrected chi connectivity index (χ0v) is 11.7. The average Bonchev–Trinajstić information content (AvgIpc) is 2.56. The van der Waals surface area contributed by atoms with Crippen molar-refractivity contribution < 1.29 is 23.1 Å². The zero-order chi connectivity index (χ0) is 16.8. The first-order valence-electron chi connectivity index (χ1n) is 6.42. The van der Waals surface area contributed by atoms with E-state index in [1.54, 1.807) is 0 Å².